The van der Waals surface area contributed by atoms with Crippen LogP contribution in [0.4, 0.5) is 0 Å². The van der Waals surface area contributed by atoms with Gasteiger partial charge in [0.1, 0.15) is 11.6 Å². The lowest BCUT2D eigenvalue weighted by molar-refractivity contribution is 0.464. The molecular weight excluding hydrogens is 589 g/mol. The summed E-state index contributed by atoms with van der Waals surface area (Å²) in [5.74, 6) is 2.24. The quantitative estimate of drug-likeness (QED) is 0.200. The van der Waals surface area contributed by atoms with E-state index in [-0.39, 0.29) is 0 Å². The minimum atomic E-state index is 0.647. The summed E-state index contributed by atoms with van der Waals surface area (Å²) in [6, 6.07) is 49.2. The second-order valence-corrected chi connectivity index (χ2v) is 12.3. The fraction of sp³-hybridized carbons (Fsp3) is 0.0233. The molecule has 0 bridgehead atoms. The van der Waals surface area contributed by atoms with Gasteiger partial charge in [-0.25, -0.2) is 4.98 Å². The first-order chi connectivity index (χ1) is 23.7. The highest BCUT2D eigenvalue weighted by Gasteiger charge is 2.22. The number of para-hydroxylation sites is 3. The van der Waals surface area contributed by atoms with E-state index in [1.807, 2.05) is 25.3 Å². The first-order valence-corrected chi connectivity index (χ1v) is 16.2. The van der Waals surface area contributed by atoms with Crippen molar-refractivity contribution >= 4 is 65.2 Å². The van der Waals surface area contributed by atoms with Gasteiger partial charge in [0.15, 0.2) is 0 Å². The Labute approximate surface area is 275 Å². The normalized spacial score (nSPS) is 12.0. The van der Waals surface area contributed by atoms with E-state index in [0.29, 0.717) is 5.88 Å². The van der Waals surface area contributed by atoms with E-state index in [1.165, 1.54) is 65.5 Å². The molecule has 10 aromatic rings. The van der Waals surface area contributed by atoms with Gasteiger partial charge >= 0.3 is 0 Å². The number of aromatic nitrogens is 4. The largest absolute Gasteiger partial charge is 0.438 e. The first-order valence-electron chi connectivity index (χ1n) is 16.2. The minimum Gasteiger partial charge on any atom is -0.438 e. The van der Waals surface area contributed by atoms with E-state index in [0.717, 1.165) is 28.1 Å². The molecule has 0 unspecified atom stereocenters. The van der Waals surface area contributed by atoms with E-state index >= 15 is 0 Å². The minimum absolute atomic E-state index is 0.647. The topological polar surface area (TPSA) is 55.7 Å². The predicted molar refractivity (Wildman–Crippen MR) is 197 cm³/mol. The summed E-state index contributed by atoms with van der Waals surface area (Å²) in [5, 5.41) is 10.1. The van der Waals surface area contributed by atoms with Crippen molar-refractivity contribution in [3.05, 3.63) is 152 Å². The Kier molecular flexibility index (Phi) is 5.72. The summed E-state index contributed by atoms with van der Waals surface area (Å²) in [4.78, 5) is 12.4. The monoisotopic (exact) mass is 616 g/mol. The zero-order valence-corrected chi connectivity index (χ0v) is 26.1. The molecule has 3 aromatic heterocycles. The number of benzene rings is 7. The number of nitrogens with one attached hydrogen (secondary N) is 1. The number of aromatic amines is 1. The lowest BCUT2D eigenvalue weighted by Crippen LogP contribution is -2.01. The van der Waals surface area contributed by atoms with Crippen molar-refractivity contribution < 1.29 is 4.74 Å². The van der Waals surface area contributed by atoms with Crippen LogP contribution in [-0.4, -0.2) is 19.5 Å². The van der Waals surface area contributed by atoms with Gasteiger partial charge in [0, 0.05) is 49.9 Å². The molecule has 5 nitrogen and oxygen atoms in total. The van der Waals surface area contributed by atoms with E-state index < -0.39 is 0 Å². The van der Waals surface area contributed by atoms with E-state index in [9.17, 15) is 0 Å². The summed E-state index contributed by atoms with van der Waals surface area (Å²) in [6.45, 7) is 1.87. The van der Waals surface area contributed by atoms with Crippen molar-refractivity contribution in [2.45, 2.75) is 6.92 Å². The van der Waals surface area contributed by atoms with Gasteiger partial charge in [-0.2, -0.15) is 4.98 Å². The van der Waals surface area contributed by atoms with Crippen LogP contribution in [0.5, 0.6) is 11.6 Å². The maximum atomic E-state index is 5.88. The van der Waals surface area contributed by atoms with Gasteiger partial charge in [-0.15, -0.1) is 0 Å². The summed E-state index contributed by atoms with van der Waals surface area (Å²) in [5.41, 5.74) is 8.13. The lowest BCUT2D eigenvalue weighted by atomic mass is 9.97. The molecule has 1 aliphatic heterocycles. The molecule has 7 aromatic carbocycles. The fourth-order valence-electron chi connectivity index (χ4n) is 7.54. The zero-order chi connectivity index (χ0) is 31.8. The van der Waals surface area contributed by atoms with Crippen molar-refractivity contribution in [1.29, 1.82) is 0 Å². The van der Waals surface area contributed by atoms with Crippen LogP contribution in [0.25, 0.3) is 82.0 Å². The molecule has 0 amide bonds. The number of nitrogens with zero attached hydrogens (tertiary/aromatic N) is 3. The van der Waals surface area contributed by atoms with Gasteiger partial charge in [0.2, 0.25) is 5.88 Å². The highest BCUT2D eigenvalue weighted by Crippen LogP contribution is 2.46. The van der Waals surface area contributed by atoms with Crippen LogP contribution in [0.15, 0.2) is 146 Å². The number of ether oxygens (including phenoxy) is 1. The van der Waals surface area contributed by atoms with Crippen LogP contribution >= 0.6 is 0 Å². The Balaban J connectivity index is 0.000000140. The molecule has 1 aliphatic rings. The fourth-order valence-corrected chi connectivity index (χ4v) is 7.54. The number of H-pyrrole nitrogens is 1. The maximum Gasteiger partial charge on any atom is 0.230 e. The number of aryl methyl sites for hydroxylation is 1. The van der Waals surface area contributed by atoms with Gasteiger partial charge in [-0.1, -0.05) is 109 Å². The third-order valence-electron chi connectivity index (χ3n) is 9.54. The standard InChI is InChI=1S/C28H18N2.C15H10N2O/c1-2-10-18(11-3-1)30-24-17-9-7-15-22(24)26-20-13-5-4-12-19(20)25-21-14-6-8-16-23(21)29-27(25)28(26)30;1-9-16-8-12-11-6-2-4-10-5-3-7-13(14(10)11)18-15(12)17-9/h1-17,29H;2-8H,1H3. The molecular formula is C43H28N4O. The SMILES string of the molecule is Cc1ncc2c(n1)Oc1cccc3cccc-2c13.c1ccc(-n2c3ccccc3c3c4ccccc4c4c5ccccc5[nH]c4c32)cc1. The van der Waals surface area contributed by atoms with E-state index in [1.54, 1.807) is 0 Å². The van der Waals surface area contributed by atoms with Gasteiger partial charge in [-0.3, -0.25) is 0 Å². The maximum absolute atomic E-state index is 5.88. The van der Waals surface area contributed by atoms with Crippen LogP contribution in [-0.2, 0) is 0 Å². The summed E-state index contributed by atoms with van der Waals surface area (Å²) >= 11 is 0. The molecule has 0 saturated heterocycles. The molecule has 0 fully saturated rings. The van der Waals surface area contributed by atoms with Crippen LogP contribution in [0.1, 0.15) is 5.82 Å². The Morgan fingerprint density at radius 3 is 2.10 bits per heavy atom. The molecule has 0 aliphatic carbocycles. The average molecular weight is 617 g/mol. The van der Waals surface area contributed by atoms with Crippen molar-refractivity contribution in [3.63, 3.8) is 0 Å². The molecule has 5 heteroatoms. The summed E-state index contributed by atoms with van der Waals surface area (Å²) < 4.78 is 8.29. The Hall–Kier alpha value is -6.46. The molecule has 0 atom stereocenters. The van der Waals surface area contributed by atoms with Crippen LogP contribution < -0.4 is 4.74 Å². The van der Waals surface area contributed by atoms with E-state index in [4.69, 9.17) is 4.74 Å². The second kappa shape index (κ2) is 10.3. The Morgan fingerprint density at radius 2 is 1.27 bits per heavy atom. The van der Waals surface area contributed by atoms with Gasteiger partial charge in [-0.05, 0) is 53.4 Å². The van der Waals surface area contributed by atoms with Crippen LogP contribution in [0, 0.1) is 6.92 Å². The highest BCUT2D eigenvalue weighted by atomic mass is 16.5. The molecule has 48 heavy (non-hydrogen) atoms. The average Bonchev–Trinajstić information content (AvgIpc) is 3.70. The molecule has 0 radical (unpaired) electrons. The number of hydrogen-bond donors (Lipinski definition) is 1. The Bertz CT molecular complexity index is 2880. The molecule has 226 valence electrons. The van der Waals surface area contributed by atoms with Crippen LogP contribution in [0.3, 0.4) is 0 Å². The third kappa shape index (κ3) is 3.85. The molecule has 0 spiro atoms. The predicted octanol–water partition coefficient (Wildman–Crippen LogP) is 11.3. The third-order valence-corrected chi connectivity index (χ3v) is 9.54. The number of rotatable bonds is 1. The van der Waals surface area contributed by atoms with Crippen LogP contribution in [0.2, 0.25) is 0 Å². The molecule has 0 saturated carbocycles. The second-order valence-electron chi connectivity index (χ2n) is 12.3. The number of hydrogen-bond acceptors (Lipinski definition) is 3. The molecule has 4 heterocycles. The lowest BCUT2D eigenvalue weighted by Gasteiger charge is -2.19. The van der Waals surface area contributed by atoms with Crippen molar-refractivity contribution in [2.75, 3.05) is 0 Å². The van der Waals surface area contributed by atoms with Gasteiger partial charge in [0.05, 0.1) is 22.1 Å². The molecule has 1 N–H and O–H groups in total. The van der Waals surface area contributed by atoms with Gasteiger partial charge < -0.3 is 14.3 Å². The van der Waals surface area contributed by atoms with Crippen molar-refractivity contribution in [1.82, 2.24) is 19.5 Å². The first kappa shape index (κ1) is 26.7. The summed E-state index contributed by atoms with van der Waals surface area (Å²) in [7, 11) is 0. The molecule has 11 rings (SSSR count). The highest BCUT2D eigenvalue weighted by molar-refractivity contribution is 6.35. The summed E-state index contributed by atoms with van der Waals surface area (Å²) in [6.07, 6.45) is 1.84. The zero-order valence-electron chi connectivity index (χ0n) is 26.1. The van der Waals surface area contributed by atoms with E-state index in [2.05, 4.69) is 147 Å². The van der Waals surface area contributed by atoms with Crippen molar-refractivity contribution in [3.8, 4) is 28.4 Å². The van der Waals surface area contributed by atoms with Crippen molar-refractivity contribution in [2.24, 2.45) is 0 Å². The number of fused-ring (bicyclic) bond motifs is 12. The smallest absolute Gasteiger partial charge is 0.230 e. The Morgan fingerprint density at radius 1 is 0.583 bits per heavy atom. The van der Waals surface area contributed by atoms with Gasteiger partial charge in [0.25, 0.3) is 0 Å².